The zero-order chi connectivity index (χ0) is 49.0. The highest BCUT2D eigenvalue weighted by Crippen LogP contribution is 2.43. The molecule has 0 rings (SSSR count). The number of rotatable bonds is 46. The van der Waals surface area contributed by atoms with Crippen molar-refractivity contribution in [3.63, 3.8) is 0 Å². The van der Waals surface area contributed by atoms with Crippen LogP contribution in [0, 0.1) is 0 Å². The molecule has 10 nitrogen and oxygen atoms in total. The second-order valence-electron chi connectivity index (χ2n) is 16.2. The molecule has 0 saturated heterocycles. The zero-order valence-corrected chi connectivity index (χ0v) is 42.3. The molecule has 4 N–H and O–H groups in total. The van der Waals surface area contributed by atoms with Gasteiger partial charge in [0, 0.05) is 13.0 Å². The number of carboxylic acids is 1. The number of nitrogens with two attached hydrogens (primary N) is 1. The molecule has 0 aliphatic heterocycles. The highest BCUT2D eigenvalue weighted by atomic mass is 31.2. The summed E-state index contributed by atoms with van der Waals surface area (Å²) in [5.74, 6) is -1.82. The third-order valence-electron chi connectivity index (χ3n) is 9.93. The molecule has 0 heterocycles. The minimum absolute atomic E-state index is 0.0150. The number of carbonyl (C=O) groups excluding carboxylic acids is 1. The topological polar surface area (TPSA) is 155 Å². The summed E-state index contributed by atoms with van der Waals surface area (Å²) < 4.78 is 33.5. The lowest BCUT2D eigenvalue weighted by atomic mass is 10.1. The Morgan fingerprint density at radius 3 is 1.22 bits per heavy atom. The lowest BCUT2D eigenvalue weighted by molar-refractivity contribution is -0.154. The van der Waals surface area contributed by atoms with E-state index in [2.05, 4.69) is 148 Å². The quantitative estimate of drug-likeness (QED) is 0.0232. The van der Waals surface area contributed by atoms with Crippen molar-refractivity contribution in [3.05, 3.63) is 134 Å². The van der Waals surface area contributed by atoms with Crippen molar-refractivity contribution >= 4 is 19.8 Å². The molecule has 0 radical (unpaired) electrons. The van der Waals surface area contributed by atoms with Crippen LogP contribution in [0.2, 0.25) is 0 Å². The van der Waals surface area contributed by atoms with Gasteiger partial charge in [0.2, 0.25) is 0 Å². The molecule has 0 saturated carbocycles. The van der Waals surface area contributed by atoms with E-state index in [0.717, 1.165) is 141 Å². The van der Waals surface area contributed by atoms with Crippen molar-refractivity contribution in [2.24, 2.45) is 5.73 Å². The number of aliphatic carboxylic acids is 1. The maximum absolute atomic E-state index is 12.7. The van der Waals surface area contributed by atoms with Crippen molar-refractivity contribution in [3.8, 4) is 0 Å². The predicted molar refractivity (Wildman–Crippen MR) is 281 cm³/mol. The number of unbranched alkanes of at least 4 members (excludes halogenated alkanes) is 10. The van der Waals surface area contributed by atoms with Crippen molar-refractivity contribution < 1.29 is 42.7 Å². The van der Waals surface area contributed by atoms with Crippen LogP contribution in [0.25, 0.3) is 0 Å². The largest absolute Gasteiger partial charge is 0.480 e. The van der Waals surface area contributed by atoms with Gasteiger partial charge in [-0.1, -0.05) is 186 Å². The van der Waals surface area contributed by atoms with E-state index in [9.17, 15) is 19.0 Å². The van der Waals surface area contributed by atoms with Crippen molar-refractivity contribution in [1.29, 1.82) is 0 Å². The molecule has 0 fully saturated rings. The van der Waals surface area contributed by atoms with Crippen LogP contribution in [0.15, 0.2) is 134 Å². The van der Waals surface area contributed by atoms with Crippen molar-refractivity contribution in [2.45, 2.75) is 180 Å². The number of hydrogen-bond donors (Lipinski definition) is 3. The Morgan fingerprint density at radius 2 is 0.821 bits per heavy atom. The van der Waals surface area contributed by atoms with Gasteiger partial charge in [-0.15, -0.1) is 0 Å². The van der Waals surface area contributed by atoms with Gasteiger partial charge >= 0.3 is 19.8 Å². The highest BCUT2D eigenvalue weighted by Gasteiger charge is 2.27. The Labute approximate surface area is 406 Å². The van der Waals surface area contributed by atoms with Crippen LogP contribution in [-0.4, -0.2) is 60.5 Å². The maximum Gasteiger partial charge on any atom is 0.472 e. The zero-order valence-electron chi connectivity index (χ0n) is 41.4. The van der Waals surface area contributed by atoms with Crippen LogP contribution in [-0.2, 0) is 32.7 Å². The smallest absolute Gasteiger partial charge is 0.472 e. The van der Waals surface area contributed by atoms with Gasteiger partial charge in [-0.2, -0.15) is 0 Å². The summed E-state index contributed by atoms with van der Waals surface area (Å²) >= 11 is 0. The highest BCUT2D eigenvalue weighted by molar-refractivity contribution is 7.47. The first kappa shape index (κ1) is 63.1. The van der Waals surface area contributed by atoms with Gasteiger partial charge in [-0.25, -0.2) is 4.57 Å². The Kier molecular flexibility index (Phi) is 47.1. The number of allylic oxidation sites excluding steroid dienone is 22. The third-order valence-corrected chi connectivity index (χ3v) is 10.9. The monoisotopic (exact) mass is 952 g/mol. The average molecular weight is 952 g/mol. The first-order chi connectivity index (χ1) is 32.7. The van der Waals surface area contributed by atoms with Crippen LogP contribution in [0.5, 0.6) is 0 Å². The summed E-state index contributed by atoms with van der Waals surface area (Å²) in [6.07, 6.45) is 70.7. The summed E-state index contributed by atoms with van der Waals surface area (Å²) in [6.45, 7) is 3.56. The Bertz CT molecular complexity index is 1570. The van der Waals surface area contributed by atoms with E-state index in [1.165, 1.54) is 0 Å². The minimum Gasteiger partial charge on any atom is -0.480 e. The average Bonchev–Trinajstić information content (AvgIpc) is 3.31. The van der Waals surface area contributed by atoms with Gasteiger partial charge in [0.15, 0.2) is 0 Å². The number of ether oxygens (including phenoxy) is 2. The summed E-state index contributed by atoms with van der Waals surface area (Å²) in [7, 11) is -4.65. The molecule has 0 bridgehead atoms. The molecule has 0 aliphatic carbocycles. The molecule has 0 aromatic carbocycles. The van der Waals surface area contributed by atoms with Crippen LogP contribution in [0.1, 0.15) is 168 Å². The number of phosphoric acid groups is 1. The lowest BCUT2D eigenvalue weighted by Crippen LogP contribution is -2.34. The van der Waals surface area contributed by atoms with E-state index in [-0.39, 0.29) is 13.0 Å². The number of phosphoric ester groups is 1. The Morgan fingerprint density at radius 1 is 0.478 bits per heavy atom. The number of carboxylic acid groups (broad SMARTS) is 1. The number of carbonyl (C=O) groups is 2. The molecule has 0 spiro atoms. The van der Waals surface area contributed by atoms with Crippen LogP contribution in [0.4, 0.5) is 0 Å². The fraction of sp³-hybridized carbons (Fsp3) is 0.571. The van der Waals surface area contributed by atoms with Crippen LogP contribution in [0.3, 0.4) is 0 Å². The molecule has 378 valence electrons. The van der Waals surface area contributed by atoms with E-state index in [4.69, 9.17) is 29.4 Å². The van der Waals surface area contributed by atoms with E-state index < -0.39 is 45.1 Å². The molecule has 0 aromatic rings. The molecule has 11 heteroatoms. The molecule has 67 heavy (non-hydrogen) atoms. The molecular weight excluding hydrogens is 862 g/mol. The van der Waals surface area contributed by atoms with Crippen LogP contribution < -0.4 is 5.73 Å². The van der Waals surface area contributed by atoms with Gasteiger partial charge in [0.25, 0.3) is 0 Å². The summed E-state index contributed by atoms with van der Waals surface area (Å²) in [5.41, 5.74) is 5.37. The van der Waals surface area contributed by atoms with E-state index >= 15 is 0 Å². The summed E-state index contributed by atoms with van der Waals surface area (Å²) in [6, 6.07) is -1.49. The Hall–Kier alpha value is -3.89. The predicted octanol–water partition coefficient (Wildman–Crippen LogP) is 15.0. The third kappa shape index (κ3) is 49.8. The van der Waals surface area contributed by atoms with Gasteiger partial charge in [0.1, 0.15) is 12.1 Å². The van der Waals surface area contributed by atoms with Gasteiger partial charge in [-0.3, -0.25) is 18.6 Å². The molecule has 0 aromatic heterocycles. The first-order valence-corrected chi connectivity index (χ1v) is 26.7. The molecule has 0 amide bonds. The van der Waals surface area contributed by atoms with Gasteiger partial charge in [-0.05, 0) is 109 Å². The van der Waals surface area contributed by atoms with Crippen LogP contribution >= 0.6 is 7.82 Å². The molecule has 3 atom stereocenters. The number of esters is 1. The van der Waals surface area contributed by atoms with Crippen molar-refractivity contribution in [1.82, 2.24) is 0 Å². The first-order valence-electron chi connectivity index (χ1n) is 25.2. The normalized spacial score (nSPS) is 14.8. The van der Waals surface area contributed by atoms with Crippen molar-refractivity contribution in [2.75, 3.05) is 26.4 Å². The van der Waals surface area contributed by atoms with E-state index in [1.807, 2.05) is 0 Å². The Balaban J connectivity index is 4.29. The fourth-order valence-electron chi connectivity index (χ4n) is 6.10. The molecular formula is C56H90NO9P. The maximum atomic E-state index is 12.7. The number of hydrogen-bond acceptors (Lipinski definition) is 8. The van der Waals surface area contributed by atoms with E-state index in [0.29, 0.717) is 13.0 Å². The van der Waals surface area contributed by atoms with Gasteiger partial charge in [0.05, 0.1) is 19.8 Å². The minimum atomic E-state index is -4.65. The fourth-order valence-corrected chi connectivity index (χ4v) is 6.88. The second kappa shape index (κ2) is 50.0. The second-order valence-corrected chi connectivity index (χ2v) is 17.6. The summed E-state index contributed by atoms with van der Waals surface area (Å²) in [5, 5.41) is 8.93. The van der Waals surface area contributed by atoms with Gasteiger partial charge < -0.3 is 25.2 Å². The summed E-state index contributed by atoms with van der Waals surface area (Å²) in [4.78, 5) is 33.7. The lowest BCUT2D eigenvalue weighted by Gasteiger charge is -2.20. The van der Waals surface area contributed by atoms with E-state index in [1.54, 1.807) is 0 Å². The standard InChI is InChI=1S/C56H90NO9P/c1-3-5-7-9-11-13-15-17-19-21-23-25-26-27-29-31-33-35-37-39-41-43-45-47-49-63-50-53(51-64-67(61,62)65-52-54(57)56(59)60)66-55(58)48-46-44-42-40-38-36-34-32-30-28-24-22-20-18-16-14-12-10-8-6-4-2/h5-8,11-14,17-20,23-25,27-29,32-35,53-54H,3-4,9-10,15-16,21-22,26,30-31,36-52,57H2,1-2H3,(H,59,60)(H,61,62)/b7-5-,8-6-,13-11-,14-12-,19-17-,20-18-,25-23-,28-24-,29-27-,34-32-,35-33-. The molecule has 0 aliphatic rings. The molecule has 3 unspecified atom stereocenters. The SMILES string of the molecule is CC/C=C\C/C=C\C/C=C\C/C=C\C/C=C\C/C=C\CCCCCCCOCC(COP(=O)(O)OCC(N)C(=O)O)OC(=O)CCCCCCC/C=C\C/C=C\C/C=C\C/C=C\C/C=C\CC.